The molecule has 0 aromatic heterocycles. The average molecular weight is 269 g/mol. The molecule has 1 aliphatic heterocycles. The largest absolute Gasteiger partial charge is 0.364 e. The van der Waals surface area contributed by atoms with Gasteiger partial charge in [0.05, 0.1) is 11.7 Å². The van der Waals surface area contributed by atoms with Gasteiger partial charge in [0.25, 0.3) is 6.43 Å². The number of hydrogen-bond donors (Lipinski definition) is 1. The van der Waals surface area contributed by atoms with Crippen molar-refractivity contribution in [3.63, 3.8) is 0 Å². The van der Waals surface area contributed by atoms with Crippen LogP contribution in [0, 0.1) is 5.92 Å². The van der Waals surface area contributed by atoms with Crippen molar-refractivity contribution in [1.29, 1.82) is 0 Å². The van der Waals surface area contributed by atoms with Crippen molar-refractivity contribution in [2.24, 2.45) is 5.92 Å². The molecule has 106 valence electrons. The first-order valence-electron chi connectivity index (χ1n) is 6.69. The fourth-order valence-corrected chi connectivity index (χ4v) is 2.24. The molecule has 2 nitrogen and oxygen atoms in total. The van der Waals surface area contributed by atoms with Gasteiger partial charge >= 0.3 is 0 Å². The van der Waals surface area contributed by atoms with Crippen molar-refractivity contribution >= 4 is 0 Å². The van der Waals surface area contributed by atoms with E-state index >= 15 is 0 Å². The quantitative estimate of drug-likeness (QED) is 0.903. The SMILES string of the molecule is CC(C)C1(C)CNCC(c2ccc(C(F)F)cc2)O1. The summed E-state index contributed by atoms with van der Waals surface area (Å²) in [4.78, 5) is 0. The van der Waals surface area contributed by atoms with Gasteiger partial charge in [0.15, 0.2) is 0 Å². The van der Waals surface area contributed by atoms with Crippen LogP contribution in [0.5, 0.6) is 0 Å². The molecule has 2 rings (SSSR count). The maximum absolute atomic E-state index is 12.5. The topological polar surface area (TPSA) is 21.3 Å². The van der Waals surface area contributed by atoms with Crippen LogP contribution in [0.1, 0.15) is 44.4 Å². The molecule has 1 fully saturated rings. The molecule has 1 aromatic carbocycles. The molecule has 1 N–H and O–H groups in total. The van der Waals surface area contributed by atoms with Crippen molar-refractivity contribution in [1.82, 2.24) is 5.32 Å². The first-order chi connectivity index (χ1) is 8.92. The molecule has 0 bridgehead atoms. The molecule has 0 saturated carbocycles. The van der Waals surface area contributed by atoms with E-state index in [4.69, 9.17) is 4.74 Å². The van der Waals surface area contributed by atoms with E-state index < -0.39 is 6.43 Å². The fraction of sp³-hybridized carbons (Fsp3) is 0.600. The molecule has 4 heteroatoms. The highest BCUT2D eigenvalue weighted by molar-refractivity contribution is 5.25. The molecule has 2 unspecified atom stereocenters. The first kappa shape index (κ1) is 14.4. The van der Waals surface area contributed by atoms with E-state index in [0.717, 1.165) is 18.7 Å². The highest BCUT2D eigenvalue weighted by Crippen LogP contribution is 2.32. The second-order valence-corrected chi connectivity index (χ2v) is 5.67. The monoisotopic (exact) mass is 269 g/mol. The molecule has 1 aromatic rings. The molecule has 0 amide bonds. The number of benzene rings is 1. The van der Waals surface area contributed by atoms with Crippen LogP contribution in [0.25, 0.3) is 0 Å². The predicted octanol–water partition coefficient (Wildman–Crippen LogP) is 3.70. The number of alkyl halides is 2. The van der Waals surface area contributed by atoms with Crippen LogP contribution in [0.15, 0.2) is 24.3 Å². The normalized spacial score (nSPS) is 28.1. The van der Waals surface area contributed by atoms with Gasteiger partial charge in [-0.2, -0.15) is 0 Å². The van der Waals surface area contributed by atoms with Gasteiger partial charge in [-0.25, -0.2) is 8.78 Å². The third-order valence-corrected chi connectivity index (χ3v) is 4.00. The Balaban J connectivity index is 2.13. The second-order valence-electron chi connectivity index (χ2n) is 5.67. The van der Waals surface area contributed by atoms with Gasteiger partial charge in [-0.3, -0.25) is 0 Å². The summed E-state index contributed by atoms with van der Waals surface area (Å²) in [5.41, 5.74) is 0.784. The van der Waals surface area contributed by atoms with Crippen LogP contribution in [0.4, 0.5) is 8.78 Å². The zero-order chi connectivity index (χ0) is 14.0. The van der Waals surface area contributed by atoms with Crippen molar-refractivity contribution in [2.75, 3.05) is 13.1 Å². The molecule has 0 spiro atoms. The van der Waals surface area contributed by atoms with Crippen molar-refractivity contribution in [3.05, 3.63) is 35.4 Å². The summed E-state index contributed by atoms with van der Waals surface area (Å²) < 4.78 is 31.2. The number of morpholine rings is 1. The lowest BCUT2D eigenvalue weighted by Crippen LogP contribution is -2.52. The van der Waals surface area contributed by atoms with E-state index in [1.165, 1.54) is 12.1 Å². The minimum atomic E-state index is -2.42. The van der Waals surface area contributed by atoms with E-state index in [2.05, 4.69) is 26.1 Å². The lowest BCUT2D eigenvalue weighted by Gasteiger charge is -2.42. The Morgan fingerprint density at radius 3 is 2.42 bits per heavy atom. The molecule has 2 atom stereocenters. The van der Waals surface area contributed by atoms with Gasteiger partial charge < -0.3 is 10.1 Å². The van der Waals surface area contributed by atoms with E-state index in [0.29, 0.717) is 5.92 Å². The molecular formula is C15H21F2NO. The second kappa shape index (κ2) is 5.55. The summed E-state index contributed by atoms with van der Waals surface area (Å²) in [5.74, 6) is 0.392. The van der Waals surface area contributed by atoms with Gasteiger partial charge in [0.1, 0.15) is 0 Å². The van der Waals surface area contributed by atoms with Crippen molar-refractivity contribution < 1.29 is 13.5 Å². The molecule has 0 radical (unpaired) electrons. The van der Waals surface area contributed by atoms with Crippen LogP contribution in [0.3, 0.4) is 0 Å². The van der Waals surface area contributed by atoms with E-state index in [9.17, 15) is 8.78 Å². The molecule has 1 saturated heterocycles. The summed E-state index contributed by atoms with van der Waals surface area (Å²) in [7, 11) is 0. The number of nitrogens with one attached hydrogen (secondary N) is 1. The Kier molecular flexibility index (Phi) is 4.21. The van der Waals surface area contributed by atoms with Gasteiger partial charge in [-0.05, 0) is 18.4 Å². The van der Waals surface area contributed by atoms with Crippen LogP contribution >= 0.6 is 0 Å². The summed E-state index contributed by atoms with van der Waals surface area (Å²) in [6, 6.07) is 6.43. The standard InChI is InChI=1S/C15H21F2NO/c1-10(2)15(3)9-18-8-13(19-15)11-4-6-12(7-5-11)14(16)17/h4-7,10,13-14,18H,8-9H2,1-3H3. The van der Waals surface area contributed by atoms with Crippen LogP contribution in [-0.2, 0) is 4.74 Å². The van der Waals surface area contributed by atoms with Crippen molar-refractivity contribution in [3.8, 4) is 0 Å². The fourth-order valence-electron chi connectivity index (χ4n) is 2.24. The molecule has 1 heterocycles. The van der Waals surface area contributed by atoms with Crippen LogP contribution in [0.2, 0.25) is 0 Å². The van der Waals surface area contributed by atoms with Gasteiger partial charge in [0.2, 0.25) is 0 Å². The Morgan fingerprint density at radius 2 is 1.89 bits per heavy atom. The highest BCUT2D eigenvalue weighted by Gasteiger charge is 2.36. The maximum atomic E-state index is 12.5. The van der Waals surface area contributed by atoms with Gasteiger partial charge in [-0.1, -0.05) is 38.1 Å². The summed E-state index contributed by atoms with van der Waals surface area (Å²) in [5, 5.41) is 3.37. The van der Waals surface area contributed by atoms with Crippen LogP contribution < -0.4 is 5.32 Å². The molecular weight excluding hydrogens is 248 g/mol. The third kappa shape index (κ3) is 3.12. The molecule has 1 aliphatic rings. The van der Waals surface area contributed by atoms with Crippen molar-refractivity contribution in [2.45, 2.75) is 38.9 Å². The van der Waals surface area contributed by atoms with E-state index in [1.807, 2.05) is 0 Å². The smallest absolute Gasteiger partial charge is 0.263 e. The Bertz CT molecular complexity index is 419. The maximum Gasteiger partial charge on any atom is 0.263 e. The molecule has 0 aliphatic carbocycles. The zero-order valence-corrected chi connectivity index (χ0v) is 11.6. The zero-order valence-electron chi connectivity index (χ0n) is 11.6. The Hall–Kier alpha value is -1.00. The van der Waals surface area contributed by atoms with E-state index in [1.54, 1.807) is 12.1 Å². The summed E-state index contributed by atoms with van der Waals surface area (Å²) in [6.45, 7) is 7.88. The number of ether oxygens (including phenoxy) is 1. The number of halogens is 2. The van der Waals surface area contributed by atoms with Crippen LogP contribution in [-0.4, -0.2) is 18.7 Å². The lowest BCUT2D eigenvalue weighted by atomic mass is 9.89. The molecule has 19 heavy (non-hydrogen) atoms. The highest BCUT2D eigenvalue weighted by atomic mass is 19.3. The van der Waals surface area contributed by atoms with Gasteiger partial charge in [0, 0.05) is 18.7 Å². The third-order valence-electron chi connectivity index (χ3n) is 4.00. The number of rotatable bonds is 3. The minimum Gasteiger partial charge on any atom is -0.364 e. The first-order valence-corrected chi connectivity index (χ1v) is 6.69. The van der Waals surface area contributed by atoms with Gasteiger partial charge in [-0.15, -0.1) is 0 Å². The predicted molar refractivity (Wildman–Crippen MR) is 71.3 cm³/mol. The Labute approximate surface area is 113 Å². The van der Waals surface area contributed by atoms with E-state index in [-0.39, 0.29) is 17.3 Å². The average Bonchev–Trinajstić information content (AvgIpc) is 2.39. The summed E-state index contributed by atoms with van der Waals surface area (Å²) >= 11 is 0. The lowest BCUT2D eigenvalue weighted by molar-refractivity contribution is -0.132. The minimum absolute atomic E-state index is 0.0548. The Morgan fingerprint density at radius 1 is 1.26 bits per heavy atom. The summed E-state index contributed by atoms with van der Waals surface area (Å²) in [6.07, 6.45) is -2.49. The number of hydrogen-bond acceptors (Lipinski definition) is 2.